The highest BCUT2D eigenvalue weighted by atomic mass is 35.5. The number of carbonyl (C=O) groups is 1. The lowest BCUT2D eigenvalue weighted by molar-refractivity contribution is -0.147. The molecule has 1 aliphatic heterocycles. The zero-order valence-electron chi connectivity index (χ0n) is 17.3. The molecule has 1 atom stereocenters. The van der Waals surface area contributed by atoms with E-state index in [1.807, 2.05) is 0 Å². The summed E-state index contributed by atoms with van der Waals surface area (Å²) in [6.07, 6.45) is -2.76. The first kappa shape index (κ1) is 25.0. The number of halogens is 5. The molecule has 3 rings (SSSR count). The van der Waals surface area contributed by atoms with Gasteiger partial charge in [0.05, 0.1) is 10.6 Å². The first-order valence-corrected chi connectivity index (χ1v) is 11.7. The Bertz CT molecular complexity index is 1240. The molecule has 2 aromatic rings. The standard InChI is InChI=1S/C20H19ClF4N4O3S/c1-11(20(23,24)25)28-33(31,32)18-15-5-3-2-4-8-29(15)17(16(18)21)19(30)27-13-6-7-14(22)12(9-13)10-26/h6-7,9,11,28H,2-5,8H2,1H3,(H,27,30)/t11-/m1/s1. The number of alkyl halides is 3. The van der Waals surface area contributed by atoms with Gasteiger partial charge >= 0.3 is 6.18 Å². The van der Waals surface area contributed by atoms with Crippen molar-refractivity contribution < 1.29 is 30.8 Å². The molecule has 0 spiro atoms. The molecule has 0 bridgehead atoms. The number of amides is 1. The highest BCUT2D eigenvalue weighted by Gasteiger charge is 2.41. The van der Waals surface area contributed by atoms with Gasteiger partial charge in [-0.3, -0.25) is 4.79 Å². The van der Waals surface area contributed by atoms with E-state index in [0.29, 0.717) is 19.8 Å². The summed E-state index contributed by atoms with van der Waals surface area (Å²) in [5.74, 6) is -1.63. The summed E-state index contributed by atoms with van der Waals surface area (Å²) in [5, 5.41) is 10.9. The molecule has 0 saturated heterocycles. The summed E-state index contributed by atoms with van der Waals surface area (Å²) in [7, 11) is -4.73. The molecule has 0 unspecified atom stereocenters. The summed E-state index contributed by atoms with van der Waals surface area (Å²) in [4.78, 5) is 12.5. The number of hydrogen-bond acceptors (Lipinski definition) is 4. The molecule has 0 aliphatic carbocycles. The van der Waals surface area contributed by atoms with Crippen LogP contribution in [0.1, 0.15) is 47.9 Å². The minimum absolute atomic E-state index is 0.0615. The molecule has 1 amide bonds. The van der Waals surface area contributed by atoms with Crippen molar-refractivity contribution in [3.05, 3.63) is 46.0 Å². The van der Waals surface area contributed by atoms with Gasteiger partial charge in [-0.15, -0.1) is 0 Å². The van der Waals surface area contributed by atoms with Gasteiger partial charge in [-0.1, -0.05) is 18.0 Å². The number of carbonyl (C=O) groups excluding carboxylic acids is 1. The van der Waals surface area contributed by atoms with Gasteiger partial charge in [0.2, 0.25) is 10.0 Å². The molecule has 1 aromatic carbocycles. The third kappa shape index (κ3) is 5.15. The van der Waals surface area contributed by atoms with Crippen LogP contribution >= 0.6 is 11.6 Å². The van der Waals surface area contributed by atoms with Crippen LogP contribution in [0, 0.1) is 17.1 Å². The van der Waals surface area contributed by atoms with E-state index >= 15 is 0 Å². The van der Waals surface area contributed by atoms with E-state index in [2.05, 4.69) is 5.32 Å². The normalized spacial score (nSPS) is 15.3. The third-order valence-corrected chi connectivity index (χ3v) is 7.33. The fourth-order valence-corrected chi connectivity index (χ4v) is 5.75. The van der Waals surface area contributed by atoms with Crippen LogP contribution in [0.5, 0.6) is 0 Å². The quantitative estimate of drug-likeness (QED) is 0.588. The molecular formula is C20H19ClF4N4O3S. The van der Waals surface area contributed by atoms with Gasteiger partial charge in [0.15, 0.2) is 0 Å². The van der Waals surface area contributed by atoms with E-state index in [4.69, 9.17) is 16.9 Å². The van der Waals surface area contributed by atoms with Crippen molar-refractivity contribution in [2.75, 3.05) is 5.32 Å². The summed E-state index contributed by atoms with van der Waals surface area (Å²) >= 11 is 6.31. The van der Waals surface area contributed by atoms with E-state index in [1.165, 1.54) is 10.6 Å². The summed E-state index contributed by atoms with van der Waals surface area (Å²) in [6, 6.07) is 2.54. The van der Waals surface area contributed by atoms with Gasteiger partial charge in [-0.25, -0.2) is 12.8 Å². The SMILES string of the molecule is C[C@@H](NS(=O)(=O)c1c(Cl)c(C(=O)Nc2ccc(F)c(C#N)c2)n2c1CCCCC2)C(F)(F)F. The summed E-state index contributed by atoms with van der Waals surface area (Å²) in [5.41, 5.74) is -0.356. The van der Waals surface area contributed by atoms with Crippen molar-refractivity contribution in [2.24, 2.45) is 0 Å². The topological polar surface area (TPSA) is 104 Å². The lowest BCUT2D eigenvalue weighted by atomic mass is 10.2. The minimum atomic E-state index is -4.82. The number of benzene rings is 1. The zero-order chi connectivity index (χ0) is 24.6. The monoisotopic (exact) mass is 506 g/mol. The van der Waals surface area contributed by atoms with Crippen molar-refractivity contribution in [3.8, 4) is 6.07 Å². The second-order valence-corrected chi connectivity index (χ2v) is 9.57. The highest BCUT2D eigenvalue weighted by Crippen LogP contribution is 2.36. The van der Waals surface area contributed by atoms with Crippen LogP contribution in [0.2, 0.25) is 5.02 Å². The smallest absolute Gasteiger partial charge is 0.338 e. The summed E-state index contributed by atoms with van der Waals surface area (Å²) in [6.45, 7) is 0.893. The van der Waals surface area contributed by atoms with Crippen molar-refractivity contribution in [1.29, 1.82) is 5.26 Å². The van der Waals surface area contributed by atoms with Crippen LogP contribution < -0.4 is 10.0 Å². The first-order valence-electron chi connectivity index (χ1n) is 9.87. The van der Waals surface area contributed by atoms with E-state index in [-0.39, 0.29) is 35.6 Å². The van der Waals surface area contributed by atoms with E-state index in [1.54, 1.807) is 10.8 Å². The maximum atomic E-state index is 13.6. The van der Waals surface area contributed by atoms with Crippen LogP contribution in [0.15, 0.2) is 23.1 Å². The van der Waals surface area contributed by atoms with E-state index < -0.39 is 43.9 Å². The average molecular weight is 507 g/mol. The number of anilines is 1. The number of nitrogens with zero attached hydrogens (tertiary/aromatic N) is 2. The lowest BCUT2D eigenvalue weighted by Crippen LogP contribution is -2.43. The Morgan fingerprint density at radius 2 is 1.97 bits per heavy atom. The predicted molar refractivity (Wildman–Crippen MR) is 112 cm³/mol. The molecule has 1 aliphatic rings. The minimum Gasteiger partial charge on any atom is -0.338 e. The molecule has 2 heterocycles. The molecule has 0 saturated carbocycles. The first-order chi connectivity index (χ1) is 15.4. The van der Waals surface area contributed by atoms with Crippen LogP contribution in [-0.2, 0) is 23.0 Å². The van der Waals surface area contributed by atoms with E-state index in [0.717, 1.165) is 18.6 Å². The molecule has 7 nitrogen and oxygen atoms in total. The number of rotatable bonds is 5. The van der Waals surface area contributed by atoms with Crippen molar-refractivity contribution >= 4 is 33.2 Å². The lowest BCUT2D eigenvalue weighted by Gasteiger charge is -2.18. The Morgan fingerprint density at radius 1 is 1.27 bits per heavy atom. The Hall–Kier alpha value is -2.62. The van der Waals surface area contributed by atoms with Crippen molar-refractivity contribution in [1.82, 2.24) is 9.29 Å². The number of nitrogens with one attached hydrogen (secondary N) is 2. The van der Waals surface area contributed by atoms with Crippen molar-refractivity contribution in [2.45, 2.75) is 56.3 Å². The molecule has 178 valence electrons. The van der Waals surface area contributed by atoms with Crippen LogP contribution in [0.25, 0.3) is 0 Å². The van der Waals surface area contributed by atoms with Gasteiger partial charge in [0.25, 0.3) is 5.91 Å². The Labute approximate surface area is 192 Å². The maximum Gasteiger partial charge on any atom is 0.404 e. The van der Waals surface area contributed by atoms with Gasteiger partial charge in [0.1, 0.15) is 28.5 Å². The Morgan fingerprint density at radius 3 is 2.61 bits per heavy atom. The highest BCUT2D eigenvalue weighted by molar-refractivity contribution is 7.89. The zero-order valence-corrected chi connectivity index (χ0v) is 18.8. The van der Waals surface area contributed by atoms with Gasteiger partial charge in [-0.05, 0) is 44.4 Å². The second-order valence-electron chi connectivity index (χ2n) is 7.55. The number of sulfonamides is 1. The second kappa shape index (κ2) is 9.32. The largest absolute Gasteiger partial charge is 0.404 e. The fourth-order valence-electron chi connectivity index (χ4n) is 3.58. The molecule has 0 radical (unpaired) electrons. The number of hydrogen-bond donors (Lipinski definition) is 2. The van der Waals surface area contributed by atoms with Crippen LogP contribution in [0.3, 0.4) is 0 Å². The van der Waals surface area contributed by atoms with Crippen LogP contribution in [-0.4, -0.2) is 31.1 Å². The summed E-state index contributed by atoms with van der Waals surface area (Å²) < 4.78 is 81.3. The third-order valence-electron chi connectivity index (χ3n) is 5.21. The number of aromatic nitrogens is 1. The molecule has 0 fully saturated rings. The predicted octanol–water partition coefficient (Wildman–Crippen LogP) is 4.36. The molecule has 1 aromatic heterocycles. The maximum absolute atomic E-state index is 13.6. The van der Waals surface area contributed by atoms with Crippen LogP contribution in [0.4, 0.5) is 23.2 Å². The molecule has 33 heavy (non-hydrogen) atoms. The van der Waals surface area contributed by atoms with Gasteiger partial charge in [0, 0.05) is 17.9 Å². The molecular weight excluding hydrogens is 488 g/mol. The Kier molecular flexibility index (Phi) is 7.07. The van der Waals surface area contributed by atoms with Gasteiger partial charge < -0.3 is 9.88 Å². The Balaban J connectivity index is 2.07. The van der Waals surface area contributed by atoms with Crippen molar-refractivity contribution in [3.63, 3.8) is 0 Å². The molecule has 13 heteroatoms. The average Bonchev–Trinajstić information content (AvgIpc) is 2.84. The van der Waals surface area contributed by atoms with Gasteiger partial charge in [-0.2, -0.15) is 23.2 Å². The fraction of sp³-hybridized carbons (Fsp3) is 0.400. The molecule has 2 N–H and O–H groups in total. The number of fused-ring (bicyclic) bond motifs is 1. The van der Waals surface area contributed by atoms with E-state index in [9.17, 15) is 30.8 Å². The number of nitriles is 1.